The molecule has 35 heavy (non-hydrogen) atoms. The van der Waals surface area contributed by atoms with Gasteiger partial charge in [0.2, 0.25) is 0 Å². The normalized spacial score (nSPS) is 14.1. The SMILES string of the molecule is C/C=C(/C)c1cccc(Cc2ccc(C[C@@H](C)/C(=C/C)C3=Cc4ccccc4C3)cc2)c1.CCC.[HH].[HH]. The zero-order valence-corrected chi connectivity index (χ0v) is 22.6. The van der Waals surface area contributed by atoms with Gasteiger partial charge in [-0.25, -0.2) is 0 Å². The summed E-state index contributed by atoms with van der Waals surface area (Å²) in [7, 11) is 0. The maximum Gasteiger partial charge on any atom is 0 e. The average Bonchev–Trinajstić information content (AvgIpc) is 3.29. The van der Waals surface area contributed by atoms with E-state index in [2.05, 4.69) is 133 Å². The molecule has 0 heteroatoms. The monoisotopic (exact) mass is 466 g/mol. The van der Waals surface area contributed by atoms with Gasteiger partial charge in [-0.05, 0) is 96.1 Å². The van der Waals surface area contributed by atoms with Gasteiger partial charge in [0.1, 0.15) is 0 Å². The topological polar surface area (TPSA) is 0 Å². The van der Waals surface area contributed by atoms with E-state index in [9.17, 15) is 0 Å². The molecule has 0 radical (unpaired) electrons. The zero-order valence-electron chi connectivity index (χ0n) is 22.6. The Labute approximate surface area is 217 Å². The number of hydrogen-bond acceptors (Lipinski definition) is 0. The minimum Gasteiger partial charge on any atom is -0.0841 e. The van der Waals surface area contributed by atoms with Gasteiger partial charge in [-0.1, -0.05) is 118 Å². The molecule has 3 aromatic carbocycles. The van der Waals surface area contributed by atoms with Crippen LogP contribution in [0.4, 0.5) is 0 Å². The van der Waals surface area contributed by atoms with E-state index in [4.69, 9.17) is 0 Å². The first kappa shape index (κ1) is 26.5. The van der Waals surface area contributed by atoms with Crippen molar-refractivity contribution in [3.05, 3.63) is 129 Å². The van der Waals surface area contributed by atoms with Crippen molar-refractivity contribution in [2.75, 3.05) is 0 Å². The van der Waals surface area contributed by atoms with E-state index < -0.39 is 0 Å². The van der Waals surface area contributed by atoms with E-state index in [0.717, 1.165) is 19.3 Å². The lowest BCUT2D eigenvalue weighted by Crippen LogP contribution is -2.06. The van der Waals surface area contributed by atoms with E-state index in [0.29, 0.717) is 5.92 Å². The highest BCUT2D eigenvalue weighted by Gasteiger charge is 2.19. The largest absolute Gasteiger partial charge is 0.0841 e. The van der Waals surface area contributed by atoms with Gasteiger partial charge in [0.15, 0.2) is 0 Å². The molecule has 186 valence electrons. The second-order valence-electron chi connectivity index (χ2n) is 9.77. The van der Waals surface area contributed by atoms with E-state index in [1.807, 2.05) is 0 Å². The smallest absolute Gasteiger partial charge is 0 e. The van der Waals surface area contributed by atoms with Crippen molar-refractivity contribution in [2.45, 2.75) is 67.2 Å². The highest BCUT2D eigenvalue weighted by atomic mass is 14.2. The molecule has 0 aliphatic heterocycles. The Morgan fingerprint density at radius 3 is 2.20 bits per heavy atom. The quantitative estimate of drug-likeness (QED) is 0.325. The third kappa shape index (κ3) is 7.18. The maximum absolute atomic E-state index is 2.38. The summed E-state index contributed by atoms with van der Waals surface area (Å²) in [6, 6.07) is 26.9. The van der Waals surface area contributed by atoms with Gasteiger partial charge in [0.05, 0.1) is 0 Å². The summed E-state index contributed by atoms with van der Waals surface area (Å²) in [4.78, 5) is 0. The van der Waals surface area contributed by atoms with Crippen LogP contribution in [0.5, 0.6) is 0 Å². The fourth-order valence-electron chi connectivity index (χ4n) is 4.84. The molecule has 1 aliphatic rings. The molecule has 0 unspecified atom stereocenters. The van der Waals surface area contributed by atoms with Crippen LogP contribution in [0, 0.1) is 5.92 Å². The summed E-state index contributed by atoms with van der Waals surface area (Å²) >= 11 is 0. The molecule has 0 bridgehead atoms. The van der Waals surface area contributed by atoms with Gasteiger partial charge >= 0.3 is 0 Å². The van der Waals surface area contributed by atoms with Crippen LogP contribution >= 0.6 is 0 Å². The summed E-state index contributed by atoms with van der Waals surface area (Å²) in [6.07, 6.45) is 11.2. The van der Waals surface area contributed by atoms with E-state index in [1.165, 1.54) is 56.5 Å². The lowest BCUT2D eigenvalue weighted by molar-refractivity contribution is 0.680. The van der Waals surface area contributed by atoms with E-state index in [1.54, 1.807) is 0 Å². The van der Waals surface area contributed by atoms with Crippen molar-refractivity contribution in [3.8, 4) is 0 Å². The number of fused-ring (bicyclic) bond motifs is 1. The second-order valence-corrected chi connectivity index (χ2v) is 9.77. The Kier molecular flexibility index (Phi) is 9.91. The van der Waals surface area contributed by atoms with Crippen molar-refractivity contribution < 1.29 is 2.85 Å². The molecule has 1 atom stereocenters. The Bertz CT molecular complexity index is 1200. The summed E-state index contributed by atoms with van der Waals surface area (Å²) in [5.74, 6) is 0.506. The lowest BCUT2D eigenvalue weighted by atomic mass is 9.87. The lowest BCUT2D eigenvalue weighted by Gasteiger charge is -2.18. The van der Waals surface area contributed by atoms with Crippen molar-refractivity contribution in [1.29, 1.82) is 0 Å². The molecule has 0 saturated heterocycles. The molecule has 0 fully saturated rings. The molecule has 0 nitrogen and oxygen atoms in total. The van der Waals surface area contributed by atoms with Crippen LogP contribution in [0.3, 0.4) is 0 Å². The fourth-order valence-corrected chi connectivity index (χ4v) is 4.84. The van der Waals surface area contributed by atoms with Crippen molar-refractivity contribution >= 4 is 11.6 Å². The first-order valence-corrected chi connectivity index (χ1v) is 13.2. The van der Waals surface area contributed by atoms with E-state index >= 15 is 0 Å². The minimum atomic E-state index is 0. The Morgan fingerprint density at radius 2 is 1.54 bits per heavy atom. The predicted octanol–water partition coefficient (Wildman–Crippen LogP) is 10.4. The molecular formula is C35H46. The average molecular weight is 467 g/mol. The Morgan fingerprint density at radius 1 is 0.857 bits per heavy atom. The summed E-state index contributed by atoms with van der Waals surface area (Å²) in [5.41, 5.74) is 12.6. The van der Waals surface area contributed by atoms with Gasteiger partial charge in [-0.2, -0.15) is 0 Å². The van der Waals surface area contributed by atoms with Gasteiger partial charge < -0.3 is 0 Å². The van der Waals surface area contributed by atoms with Crippen molar-refractivity contribution in [2.24, 2.45) is 5.92 Å². The predicted molar refractivity (Wildman–Crippen MR) is 160 cm³/mol. The Hall–Kier alpha value is -3.12. The summed E-state index contributed by atoms with van der Waals surface area (Å²) in [6.45, 7) is 13.1. The number of benzene rings is 3. The summed E-state index contributed by atoms with van der Waals surface area (Å²) < 4.78 is 0. The number of allylic oxidation sites excluding steroid dienone is 5. The minimum absolute atomic E-state index is 0. The maximum atomic E-state index is 2.38. The van der Waals surface area contributed by atoms with Gasteiger partial charge in [0, 0.05) is 2.85 Å². The zero-order chi connectivity index (χ0) is 25.2. The standard InChI is InChI=1S/C32H34.C3H8.2H2/c1-5-23(3)28-13-9-10-27(20-28)19-26-16-14-25(15-17-26)18-24(4)32(6-2)31-21-29-11-7-8-12-30(29)22-31;1-3-2;;/h5-17,20-21,24H,18-19,22H2,1-4H3;3H2,1-2H3;2*1H/b23-5-,32-6-;;;/t24-;;;/m1.../s1. The van der Waals surface area contributed by atoms with Crippen LogP contribution in [0.1, 0.15) is 84.2 Å². The van der Waals surface area contributed by atoms with Crippen LogP contribution in [-0.2, 0) is 19.3 Å². The third-order valence-corrected chi connectivity index (χ3v) is 6.77. The first-order valence-electron chi connectivity index (χ1n) is 13.2. The van der Waals surface area contributed by atoms with Gasteiger partial charge in [-0.15, -0.1) is 0 Å². The Balaban J connectivity index is 0.00000131. The highest BCUT2D eigenvalue weighted by molar-refractivity contribution is 5.68. The van der Waals surface area contributed by atoms with Crippen molar-refractivity contribution in [1.82, 2.24) is 0 Å². The molecule has 1 aliphatic carbocycles. The second kappa shape index (κ2) is 13.1. The van der Waals surface area contributed by atoms with Crippen LogP contribution in [0.25, 0.3) is 11.6 Å². The third-order valence-electron chi connectivity index (χ3n) is 6.77. The fraction of sp³-hybridized carbons (Fsp3) is 0.314. The molecular weight excluding hydrogens is 420 g/mol. The first-order chi connectivity index (χ1) is 17.0. The molecule has 3 aromatic rings. The van der Waals surface area contributed by atoms with Gasteiger partial charge in [0.25, 0.3) is 0 Å². The molecule has 0 spiro atoms. The molecule has 4 rings (SSSR count). The molecule has 0 aromatic heterocycles. The van der Waals surface area contributed by atoms with Gasteiger partial charge in [-0.3, -0.25) is 0 Å². The van der Waals surface area contributed by atoms with Crippen molar-refractivity contribution in [3.63, 3.8) is 0 Å². The molecule has 0 amide bonds. The molecule has 0 saturated carbocycles. The van der Waals surface area contributed by atoms with Crippen LogP contribution in [-0.4, -0.2) is 0 Å². The van der Waals surface area contributed by atoms with Crippen LogP contribution in [0.15, 0.2) is 96.1 Å². The molecule has 0 N–H and O–H groups in total. The van der Waals surface area contributed by atoms with Crippen LogP contribution < -0.4 is 0 Å². The number of hydrogen-bond donors (Lipinski definition) is 0. The summed E-state index contributed by atoms with van der Waals surface area (Å²) in [5, 5.41) is 0. The van der Waals surface area contributed by atoms with Crippen LogP contribution in [0.2, 0.25) is 0 Å². The molecule has 0 heterocycles. The van der Waals surface area contributed by atoms with E-state index in [-0.39, 0.29) is 2.85 Å². The highest BCUT2D eigenvalue weighted by Crippen LogP contribution is 2.33. The number of rotatable bonds is 7.